The second kappa shape index (κ2) is 7.16. The summed E-state index contributed by atoms with van der Waals surface area (Å²) in [5.74, 6) is 0.743. The largest absolute Gasteiger partial charge is 0.593 e. The molecular weight excluding hydrogens is 382 g/mol. The molecule has 1 fully saturated rings. The van der Waals surface area contributed by atoms with E-state index in [4.69, 9.17) is 9.47 Å². The van der Waals surface area contributed by atoms with Crippen molar-refractivity contribution in [2.24, 2.45) is 0 Å². The molecule has 0 aliphatic carbocycles. The number of sulfonamides is 1. The Hall–Kier alpha value is -2.49. The summed E-state index contributed by atoms with van der Waals surface area (Å²) < 4.78 is 38.7. The molecule has 1 aromatic heterocycles. The van der Waals surface area contributed by atoms with Gasteiger partial charge in [0.05, 0.1) is 13.7 Å². The first-order valence-electron chi connectivity index (χ1n) is 9.00. The number of likely N-dealkylation sites (tertiary alicyclic amines) is 1. The van der Waals surface area contributed by atoms with E-state index >= 15 is 0 Å². The van der Waals surface area contributed by atoms with E-state index in [1.54, 1.807) is 42.3 Å². The number of benzene rings is 1. The van der Waals surface area contributed by atoms with Crippen LogP contribution in [0.1, 0.15) is 23.2 Å². The zero-order valence-electron chi connectivity index (χ0n) is 15.4. The molecule has 0 saturated carbocycles. The number of pyridine rings is 1. The van der Waals surface area contributed by atoms with E-state index in [0.717, 1.165) is 0 Å². The molecule has 1 atom stereocenters. The number of fused-ring (bicyclic) bond motifs is 1. The molecule has 2 aliphatic rings. The number of hydrogen-bond donors (Lipinski definition) is 1. The van der Waals surface area contributed by atoms with Crippen LogP contribution in [0.15, 0.2) is 47.5 Å². The molecule has 1 unspecified atom stereocenters. The van der Waals surface area contributed by atoms with Crippen molar-refractivity contribution in [1.82, 2.24) is 14.6 Å². The summed E-state index contributed by atoms with van der Waals surface area (Å²) in [5, 5.41) is 0. The van der Waals surface area contributed by atoms with Crippen molar-refractivity contribution in [3.8, 4) is 11.6 Å². The van der Waals surface area contributed by atoms with Gasteiger partial charge in [0.2, 0.25) is 4.90 Å². The maximum Gasteiger partial charge on any atom is 0.272 e. The van der Waals surface area contributed by atoms with Crippen LogP contribution < -0.4 is 14.2 Å². The van der Waals surface area contributed by atoms with Crippen molar-refractivity contribution in [1.29, 1.82) is 0 Å². The minimum atomic E-state index is -3.66. The van der Waals surface area contributed by atoms with Crippen molar-refractivity contribution in [2.45, 2.75) is 23.3 Å². The van der Waals surface area contributed by atoms with Crippen molar-refractivity contribution in [3.63, 3.8) is 0 Å². The summed E-state index contributed by atoms with van der Waals surface area (Å²) in [6, 6.07) is 10.0. The lowest BCUT2D eigenvalue weighted by atomic mass is 9.90. The summed E-state index contributed by atoms with van der Waals surface area (Å²) in [6.45, 7) is 1.08. The maximum atomic E-state index is 12.8. The van der Waals surface area contributed by atoms with Crippen molar-refractivity contribution in [2.75, 3.05) is 26.7 Å². The summed E-state index contributed by atoms with van der Waals surface area (Å²) in [5.41, 5.74) is -0.130. The normalized spacial score (nSPS) is 23.4. The van der Waals surface area contributed by atoms with E-state index in [2.05, 4.69) is 9.71 Å². The zero-order chi connectivity index (χ0) is 19.8. The van der Waals surface area contributed by atoms with Gasteiger partial charge in [0.1, 0.15) is 11.4 Å². The minimum Gasteiger partial charge on any atom is -0.593 e. The number of aromatic nitrogens is 1. The van der Waals surface area contributed by atoms with Crippen molar-refractivity contribution >= 4 is 16.3 Å². The van der Waals surface area contributed by atoms with E-state index in [0.29, 0.717) is 37.2 Å². The van der Waals surface area contributed by atoms with Crippen LogP contribution in [0, 0.1) is 0 Å². The van der Waals surface area contributed by atoms with Crippen LogP contribution in [0.4, 0.5) is 0 Å². The second-order valence-electron chi connectivity index (χ2n) is 6.94. The van der Waals surface area contributed by atoms with Crippen molar-refractivity contribution < 1.29 is 23.0 Å². The SMILES string of the molecule is COc1ccc(C(=O)N2CCC3(CC2)CN[S+](=O)([O-])c2cccnc2O3)cc1. The van der Waals surface area contributed by atoms with Crippen LogP contribution in [-0.2, 0) is 14.6 Å². The number of ether oxygens (including phenoxy) is 2. The molecule has 1 N–H and O–H groups in total. The maximum absolute atomic E-state index is 12.8. The molecule has 0 bridgehead atoms. The number of carbonyl (C=O) groups is 1. The highest BCUT2D eigenvalue weighted by atomic mass is 32.3. The fourth-order valence-electron chi connectivity index (χ4n) is 3.52. The van der Waals surface area contributed by atoms with Gasteiger partial charge in [-0.25, -0.2) is 4.98 Å². The van der Waals surface area contributed by atoms with Crippen LogP contribution >= 0.6 is 0 Å². The molecule has 4 rings (SSSR count). The fraction of sp³-hybridized carbons (Fsp3) is 0.368. The zero-order valence-corrected chi connectivity index (χ0v) is 16.2. The minimum absolute atomic E-state index is 0.0450. The lowest BCUT2D eigenvalue weighted by molar-refractivity contribution is 0.00452. The second-order valence-corrected chi connectivity index (χ2v) is 8.67. The van der Waals surface area contributed by atoms with Gasteiger partial charge >= 0.3 is 0 Å². The molecule has 3 heterocycles. The molecule has 1 amide bonds. The highest BCUT2D eigenvalue weighted by Crippen LogP contribution is 2.35. The molecule has 2 aromatic rings. The third-order valence-electron chi connectivity index (χ3n) is 5.22. The van der Waals surface area contributed by atoms with Crippen molar-refractivity contribution in [3.05, 3.63) is 48.2 Å². The quantitative estimate of drug-likeness (QED) is 0.765. The Morgan fingerprint density at radius 3 is 2.68 bits per heavy atom. The van der Waals surface area contributed by atoms with Gasteiger partial charge in [-0.2, -0.15) is 0 Å². The third kappa shape index (κ3) is 3.48. The Morgan fingerprint density at radius 1 is 1.29 bits per heavy atom. The van der Waals surface area contributed by atoms with Gasteiger partial charge in [-0.3, -0.25) is 4.79 Å². The summed E-state index contributed by atoms with van der Waals surface area (Å²) in [6.07, 6.45) is 2.52. The standard InChI is InChI=1S/C19H21N3O5S/c1-26-15-6-4-14(5-7-15)18(23)22-11-8-19(9-12-22)13-21-28(24,25)16-3-2-10-20-17(16)27-19/h2-7,10H,8-9,11-13H2,1H3,(H-,21,24,25). The van der Waals surface area contributed by atoms with Gasteiger partial charge in [-0.15, -0.1) is 4.72 Å². The third-order valence-corrected chi connectivity index (χ3v) is 6.64. The van der Waals surface area contributed by atoms with Crippen LogP contribution in [0.2, 0.25) is 0 Å². The molecule has 0 radical (unpaired) electrons. The topological polar surface area (TPSA) is 104 Å². The first kappa shape index (κ1) is 18.9. The molecule has 28 heavy (non-hydrogen) atoms. The fourth-order valence-corrected chi connectivity index (χ4v) is 4.71. The Bertz CT molecular complexity index is 925. The molecule has 8 nitrogen and oxygen atoms in total. The van der Waals surface area contributed by atoms with Gasteiger partial charge in [0.15, 0.2) is 10.4 Å². The number of nitrogens with one attached hydrogen (secondary N) is 1. The first-order chi connectivity index (χ1) is 13.4. The summed E-state index contributed by atoms with van der Waals surface area (Å²) in [7, 11) is -2.08. The number of rotatable bonds is 2. The smallest absolute Gasteiger partial charge is 0.272 e. The lowest BCUT2D eigenvalue weighted by Gasteiger charge is -2.40. The van der Waals surface area contributed by atoms with Crippen LogP contribution in [0.3, 0.4) is 0 Å². The van der Waals surface area contributed by atoms with E-state index in [1.807, 2.05) is 0 Å². The molecule has 9 heteroatoms. The Labute approximate surface area is 164 Å². The highest BCUT2D eigenvalue weighted by molar-refractivity contribution is 7.95. The van der Waals surface area contributed by atoms with E-state index < -0.39 is 16.0 Å². The Balaban J connectivity index is 1.49. The molecule has 2 aliphatic heterocycles. The average molecular weight is 403 g/mol. The predicted molar refractivity (Wildman–Crippen MR) is 101 cm³/mol. The number of piperidine rings is 1. The van der Waals surface area contributed by atoms with Gasteiger partial charge < -0.3 is 18.9 Å². The summed E-state index contributed by atoms with van der Waals surface area (Å²) >= 11 is 0. The number of nitrogens with zero attached hydrogens (tertiary/aromatic N) is 2. The molecule has 1 spiro atoms. The monoisotopic (exact) mass is 403 g/mol. The highest BCUT2D eigenvalue weighted by Gasteiger charge is 2.45. The molecule has 148 valence electrons. The number of carbonyl (C=O) groups excluding carboxylic acids is 1. The average Bonchev–Trinajstić information content (AvgIpc) is 2.83. The summed E-state index contributed by atoms with van der Waals surface area (Å²) in [4.78, 5) is 18.7. The van der Waals surface area contributed by atoms with E-state index in [1.165, 1.54) is 12.3 Å². The van der Waals surface area contributed by atoms with E-state index in [9.17, 15) is 13.6 Å². The molecular formula is C19H21N3O5S. The number of methoxy groups -OCH3 is 1. The number of amides is 1. The predicted octanol–water partition coefficient (Wildman–Crippen LogP) is 1.65. The van der Waals surface area contributed by atoms with Crippen LogP contribution in [0.5, 0.6) is 11.6 Å². The van der Waals surface area contributed by atoms with Gasteiger partial charge in [-0.1, -0.05) is 4.21 Å². The Morgan fingerprint density at radius 2 is 2.00 bits per heavy atom. The van der Waals surface area contributed by atoms with Crippen LogP contribution in [0.25, 0.3) is 0 Å². The van der Waals surface area contributed by atoms with E-state index in [-0.39, 0.29) is 23.2 Å². The van der Waals surface area contributed by atoms with Crippen LogP contribution in [-0.4, -0.2) is 52.7 Å². The van der Waals surface area contributed by atoms with Gasteiger partial charge in [-0.05, 0) is 30.3 Å². The van der Waals surface area contributed by atoms with Gasteiger partial charge in [0.25, 0.3) is 11.8 Å². The lowest BCUT2D eigenvalue weighted by Crippen LogP contribution is -2.54. The molecule has 1 saturated heterocycles. The van der Waals surface area contributed by atoms with Gasteiger partial charge in [0, 0.05) is 43.8 Å². The number of hydrogen-bond acceptors (Lipinski definition) is 6. The Kier molecular flexibility index (Phi) is 4.82. The molecule has 1 aromatic carbocycles. The first-order valence-corrected chi connectivity index (χ1v) is 10.5.